The molecule has 0 aliphatic heterocycles. The first kappa shape index (κ1) is 18.8. The molecule has 0 N–H and O–H groups in total. The van der Waals surface area contributed by atoms with E-state index in [0.717, 1.165) is 36.0 Å². The number of hydrogen-bond donors (Lipinski definition) is 0. The molecule has 3 rings (SSSR count). The first-order valence-electron chi connectivity index (χ1n) is 11.0. The molecular weight excluding hydrogens is 304 g/mol. The first-order chi connectivity index (χ1) is 12.3. The standard InChI is InChI=1S/C24H38O/c1-3-5-6-19-7-9-20(10-8-19)21-11-13-22(14-12-21)23-15-17-24(18-16-23)25-4-2/h15-22H,3-14H2,1-2H3. The quantitative estimate of drug-likeness (QED) is 0.503. The highest BCUT2D eigenvalue weighted by atomic mass is 16.5. The molecule has 0 bridgehead atoms. The second-order valence-corrected chi connectivity index (χ2v) is 8.54. The predicted molar refractivity (Wildman–Crippen MR) is 107 cm³/mol. The summed E-state index contributed by atoms with van der Waals surface area (Å²) in [5.41, 5.74) is 1.53. The minimum Gasteiger partial charge on any atom is -0.494 e. The van der Waals surface area contributed by atoms with Gasteiger partial charge in [0.15, 0.2) is 0 Å². The molecule has 0 aromatic heterocycles. The van der Waals surface area contributed by atoms with E-state index in [1.54, 1.807) is 0 Å². The van der Waals surface area contributed by atoms with Gasteiger partial charge in [-0.2, -0.15) is 0 Å². The minimum atomic E-state index is 0.755. The molecule has 2 saturated carbocycles. The number of rotatable bonds is 7. The topological polar surface area (TPSA) is 9.23 Å². The van der Waals surface area contributed by atoms with Gasteiger partial charge in [-0.1, -0.05) is 51.2 Å². The zero-order valence-corrected chi connectivity index (χ0v) is 16.5. The van der Waals surface area contributed by atoms with Crippen LogP contribution in [-0.2, 0) is 0 Å². The summed E-state index contributed by atoms with van der Waals surface area (Å²) in [7, 11) is 0. The largest absolute Gasteiger partial charge is 0.494 e. The van der Waals surface area contributed by atoms with Crippen molar-refractivity contribution in [2.75, 3.05) is 6.61 Å². The van der Waals surface area contributed by atoms with E-state index in [1.165, 1.54) is 76.2 Å². The third-order valence-corrected chi connectivity index (χ3v) is 6.96. The van der Waals surface area contributed by atoms with E-state index in [4.69, 9.17) is 4.74 Å². The Kier molecular flexibility index (Phi) is 7.25. The van der Waals surface area contributed by atoms with Gasteiger partial charge in [0.05, 0.1) is 6.61 Å². The van der Waals surface area contributed by atoms with Gasteiger partial charge in [-0.15, -0.1) is 0 Å². The van der Waals surface area contributed by atoms with Crippen molar-refractivity contribution in [3.8, 4) is 5.75 Å². The summed E-state index contributed by atoms with van der Waals surface area (Å²) in [5, 5.41) is 0. The molecule has 1 nitrogen and oxygen atoms in total. The summed E-state index contributed by atoms with van der Waals surface area (Å²) in [5.74, 6) is 4.91. The van der Waals surface area contributed by atoms with Crippen LogP contribution in [0, 0.1) is 17.8 Å². The van der Waals surface area contributed by atoms with Crippen molar-refractivity contribution < 1.29 is 4.74 Å². The number of ether oxygens (including phenoxy) is 1. The number of hydrogen-bond acceptors (Lipinski definition) is 1. The number of unbranched alkanes of at least 4 members (excludes halogenated alkanes) is 1. The van der Waals surface area contributed by atoms with Crippen LogP contribution in [0.1, 0.15) is 96.0 Å². The molecule has 0 saturated heterocycles. The van der Waals surface area contributed by atoms with E-state index < -0.39 is 0 Å². The van der Waals surface area contributed by atoms with Gasteiger partial charge in [0.25, 0.3) is 0 Å². The summed E-state index contributed by atoms with van der Waals surface area (Å²) in [4.78, 5) is 0. The molecule has 2 aliphatic carbocycles. The summed E-state index contributed by atoms with van der Waals surface area (Å²) in [6.07, 6.45) is 16.1. The van der Waals surface area contributed by atoms with E-state index >= 15 is 0 Å². The van der Waals surface area contributed by atoms with Gasteiger partial charge >= 0.3 is 0 Å². The molecular formula is C24H38O. The Labute approximate surface area is 155 Å². The molecule has 140 valence electrons. The maximum atomic E-state index is 5.58. The molecule has 2 fully saturated rings. The molecule has 0 unspecified atom stereocenters. The van der Waals surface area contributed by atoms with Crippen LogP contribution in [0.15, 0.2) is 24.3 Å². The minimum absolute atomic E-state index is 0.755. The smallest absolute Gasteiger partial charge is 0.119 e. The van der Waals surface area contributed by atoms with Gasteiger partial charge in [0.2, 0.25) is 0 Å². The van der Waals surface area contributed by atoms with Crippen molar-refractivity contribution in [3.63, 3.8) is 0 Å². The monoisotopic (exact) mass is 342 g/mol. The fraction of sp³-hybridized carbons (Fsp3) is 0.750. The van der Waals surface area contributed by atoms with Crippen LogP contribution in [-0.4, -0.2) is 6.61 Å². The second kappa shape index (κ2) is 9.64. The van der Waals surface area contributed by atoms with E-state index in [-0.39, 0.29) is 0 Å². The maximum Gasteiger partial charge on any atom is 0.119 e. The van der Waals surface area contributed by atoms with Gasteiger partial charge in [-0.05, 0) is 86.8 Å². The van der Waals surface area contributed by atoms with Crippen LogP contribution in [0.4, 0.5) is 0 Å². The molecule has 0 heterocycles. The lowest BCUT2D eigenvalue weighted by molar-refractivity contribution is 0.156. The van der Waals surface area contributed by atoms with Crippen LogP contribution in [0.25, 0.3) is 0 Å². The SMILES string of the molecule is CCCCC1CCC(C2CCC(c3ccc(OCC)cc3)CC2)CC1. The fourth-order valence-electron chi connectivity index (χ4n) is 5.37. The summed E-state index contributed by atoms with van der Waals surface area (Å²) in [6.45, 7) is 5.13. The van der Waals surface area contributed by atoms with Gasteiger partial charge < -0.3 is 4.74 Å². The Balaban J connectivity index is 1.43. The molecule has 25 heavy (non-hydrogen) atoms. The van der Waals surface area contributed by atoms with E-state index in [2.05, 4.69) is 31.2 Å². The molecule has 2 aliphatic rings. The molecule has 0 atom stereocenters. The lowest BCUT2D eigenvalue weighted by atomic mass is 9.68. The average Bonchev–Trinajstić information content (AvgIpc) is 2.68. The van der Waals surface area contributed by atoms with Crippen LogP contribution < -0.4 is 4.74 Å². The van der Waals surface area contributed by atoms with Crippen molar-refractivity contribution in [3.05, 3.63) is 29.8 Å². The predicted octanol–water partition coefficient (Wildman–Crippen LogP) is 7.36. The van der Waals surface area contributed by atoms with Gasteiger partial charge in [0.1, 0.15) is 5.75 Å². The Morgan fingerprint density at radius 3 is 1.96 bits per heavy atom. The highest BCUT2D eigenvalue weighted by molar-refractivity contribution is 5.29. The maximum absolute atomic E-state index is 5.58. The lowest BCUT2D eigenvalue weighted by Crippen LogP contribution is -2.25. The summed E-state index contributed by atoms with van der Waals surface area (Å²) in [6, 6.07) is 8.91. The Morgan fingerprint density at radius 2 is 1.40 bits per heavy atom. The lowest BCUT2D eigenvalue weighted by Gasteiger charge is -2.38. The molecule has 1 heteroatoms. The highest BCUT2D eigenvalue weighted by Gasteiger charge is 2.31. The molecule has 0 amide bonds. The normalized spacial score (nSPS) is 30.2. The van der Waals surface area contributed by atoms with Crippen LogP contribution in [0.5, 0.6) is 5.75 Å². The van der Waals surface area contributed by atoms with Crippen molar-refractivity contribution in [2.24, 2.45) is 17.8 Å². The zero-order valence-electron chi connectivity index (χ0n) is 16.5. The molecule has 1 aromatic rings. The Morgan fingerprint density at radius 1 is 0.800 bits per heavy atom. The third kappa shape index (κ3) is 5.25. The molecule has 0 spiro atoms. The molecule has 1 aromatic carbocycles. The summed E-state index contributed by atoms with van der Waals surface area (Å²) < 4.78 is 5.58. The fourth-order valence-corrected chi connectivity index (χ4v) is 5.37. The Hall–Kier alpha value is -0.980. The van der Waals surface area contributed by atoms with Crippen molar-refractivity contribution >= 4 is 0 Å². The van der Waals surface area contributed by atoms with Gasteiger partial charge in [-0.25, -0.2) is 0 Å². The van der Waals surface area contributed by atoms with Crippen LogP contribution >= 0.6 is 0 Å². The van der Waals surface area contributed by atoms with Crippen molar-refractivity contribution in [1.82, 2.24) is 0 Å². The first-order valence-corrected chi connectivity index (χ1v) is 11.0. The zero-order chi connectivity index (χ0) is 17.5. The average molecular weight is 343 g/mol. The number of benzene rings is 1. The van der Waals surface area contributed by atoms with Crippen molar-refractivity contribution in [1.29, 1.82) is 0 Å². The van der Waals surface area contributed by atoms with Crippen molar-refractivity contribution in [2.45, 2.75) is 90.4 Å². The second-order valence-electron chi connectivity index (χ2n) is 8.54. The Bertz CT molecular complexity index is 475. The molecule has 0 radical (unpaired) electrons. The van der Waals surface area contributed by atoms with E-state index in [0.29, 0.717) is 0 Å². The van der Waals surface area contributed by atoms with Gasteiger partial charge in [0, 0.05) is 0 Å². The third-order valence-electron chi connectivity index (χ3n) is 6.96. The van der Waals surface area contributed by atoms with Crippen LogP contribution in [0.3, 0.4) is 0 Å². The summed E-state index contributed by atoms with van der Waals surface area (Å²) >= 11 is 0. The van der Waals surface area contributed by atoms with Crippen LogP contribution in [0.2, 0.25) is 0 Å². The van der Waals surface area contributed by atoms with Gasteiger partial charge in [-0.3, -0.25) is 0 Å². The van der Waals surface area contributed by atoms with E-state index in [1.807, 2.05) is 6.92 Å². The van der Waals surface area contributed by atoms with E-state index in [9.17, 15) is 0 Å². The highest BCUT2D eigenvalue weighted by Crippen LogP contribution is 2.44.